The highest BCUT2D eigenvalue weighted by molar-refractivity contribution is 5.71. The van der Waals surface area contributed by atoms with Crippen LogP contribution in [-0.2, 0) is 28.6 Å². The molecule has 0 aromatic rings. The monoisotopic (exact) mass is 879 g/mol. The normalized spacial score (nSPS) is 12.6. The molecule has 0 aliphatic carbocycles. The Kier molecular flexibility index (Phi) is 48.9. The van der Waals surface area contributed by atoms with E-state index in [0.29, 0.717) is 19.3 Å². The van der Waals surface area contributed by atoms with E-state index in [1.165, 1.54) is 109 Å². The molecule has 0 aromatic carbocycles. The Morgan fingerprint density at radius 1 is 0.317 bits per heavy atom. The predicted molar refractivity (Wildman–Crippen MR) is 270 cm³/mol. The summed E-state index contributed by atoms with van der Waals surface area (Å²) in [7, 11) is 0. The highest BCUT2D eigenvalue weighted by atomic mass is 16.6. The van der Waals surface area contributed by atoms with Crippen molar-refractivity contribution in [3.05, 3.63) is 72.9 Å². The number of carbonyl (C=O) groups is 3. The van der Waals surface area contributed by atoms with Gasteiger partial charge in [0.15, 0.2) is 6.10 Å². The third-order valence-corrected chi connectivity index (χ3v) is 11.2. The van der Waals surface area contributed by atoms with Crippen molar-refractivity contribution >= 4 is 17.9 Å². The number of hydrogen-bond acceptors (Lipinski definition) is 6. The van der Waals surface area contributed by atoms with E-state index in [2.05, 4.69) is 93.7 Å². The first kappa shape index (κ1) is 59.9. The molecule has 6 heteroatoms. The van der Waals surface area contributed by atoms with Gasteiger partial charge in [0.2, 0.25) is 0 Å². The van der Waals surface area contributed by atoms with Crippen molar-refractivity contribution in [2.45, 2.75) is 258 Å². The fourth-order valence-electron chi connectivity index (χ4n) is 7.12. The van der Waals surface area contributed by atoms with E-state index in [0.717, 1.165) is 103 Å². The van der Waals surface area contributed by atoms with Crippen LogP contribution in [0.15, 0.2) is 72.9 Å². The van der Waals surface area contributed by atoms with Crippen molar-refractivity contribution < 1.29 is 28.6 Å². The van der Waals surface area contributed by atoms with Gasteiger partial charge in [0.05, 0.1) is 0 Å². The van der Waals surface area contributed by atoms with Crippen molar-refractivity contribution in [2.24, 2.45) is 0 Å². The summed E-state index contributed by atoms with van der Waals surface area (Å²) in [6.45, 7) is 6.53. The van der Waals surface area contributed by atoms with Gasteiger partial charge >= 0.3 is 17.9 Å². The van der Waals surface area contributed by atoms with E-state index in [1.54, 1.807) is 0 Å². The van der Waals surface area contributed by atoms with Gasteiger partial charge < -0.3 is 14.2 Å². The smallest absolute Gasteiger partial charge is 0.306 e. The molecule has 0 unspecified atom stereocenters. The minimum atomic E-state index is -0.801. The first-order valence-corrected chi connectivity index (χ1v) is 26.4. The number of allylic oxidation sites excluding steroid dienone is 12. The zero-order chi connectivity index (χ0) is 45.8. The van der Waals surface area contributed by atoms with E-state index >= 15 is 0 Å². The van der Waals surface area contributed by atoms with Crippen molar-refractivity contribution in [3.63, 3.8) is 0 Å². The second kappa shape index (κ2) is 51.5. The van der Waals surface area contributed by atoms with Crippen LogP contribution >= 0.6 is 0 Å². The molecule has 0 radical (unpaired) electrons. The van der Waals surface area contributed by atoms with Crippen LogP contribution < -0.4 is 0 Å². The molecule has 6 nitrogen and oxygen atoms in total. The highest BCUT2D eigenvalue weighted by Gasteiger charge is 2.19. The van der Waals surface area contributed by atoms with Crippen LogP contribution in [-0.4, -0.2) is 37.2 Å². The fraction of sp³-hybridized carbons (Fsp3) is 0.737. The molecule has 0 aromatic heterocycles. The van der Waals surface area contributed by atoms with Crippen LogP contribution in [0.1, 0.15) is 252 Å². The maximum absolute atomic E-state index is 12.8. The van der Waals surface area contributed by atoms with Crippen LogP contribution in [0.3, 0.4) is 0 Å². The molecule has 0 aliphatic heterocycles. The van der Waals surface area contributed by atoms with Crippen LogP contribution in [0.4, 0.5) is 0 Å². The van der Waals surface area contributed by atoms with Gasteiger partial charge in [-0.1, -0.05) is 190 Å². The highest BCUT2D eigenvalue weighted by Crippen LogP contribution is 2.13. The Labute approximate surface area is 389 Å². The van der Waals surface area contributed by atoms with E-state index in [4.69, 9.17) is 14.2 Å². The zero-order valence-electron chi connectivity index (χ0n) is 41.3. The summed E-state index contributed by atoms with van der Waals surface area (Å²) in [6, 6.07) is 0. The second-order valence-corrected chi connectivity index (χ2v) is 17.4. The SMILES string of the molecule is CCCCC/C=C\C/C=C\C/C=C\CCCCC(=O)OC[C@H](COC(=O)CCCCCCC/C=C\CCCCCCCC)OC(=O)CCCCCCC/C=C\C/C=C\CCCCC. The number of hydrogen-bond donors (Lipinski definition) is 0. The summed E-state index contributed by atoms with van der Waals surface area (Å²) in [6.07, 6.45) is 64.5. The molecular weight excluding hydrogens is 781 g/mol. The lowest BCUT2D eigenvalue weighted by Crippen LogP contribution is -2.30. The standard InChI is InChI=1S/C57H98O6/c1-4-7-10-13-16-19-22-25-28-31-34-37-40-43-46-49-55(58)61-52-54(63-57(60)51-48-45-42-39-36-33-30-27-24-21-18-15-12-9-6-3)53-62-56(59)50-47-44-41-38-35-32-29-26-23-20-17-14-11-8-5-2/h16,18-19,21,25-30,34,37,54H,4-15,17,20,22-24,31-33,35-36,38-53H2,1-3H3/b19-16-,21-18-,28-25-,29-26-,30-27-,37-34-/t54-/m1/s1. The van der Waals surface area contributed by atoms with Gasteiger partial charge in [-0.25, -0.2) is 0 Å². The van der Waals surface area contributed by atoms with Gasteiger partial charge in [0.1, 0.15) is 13.2 Å². The zero-order valence-corrected chi connectivity index (χ0v) is 41.3. The number of carbonyl (C=O) groups excluding carboxylic acids is 3. The van der Waals surface area contributed by atoms with Crippen LogP contribution in [0.25, 0.3) is 0 Å². The Morgan fingerprint density at radius 2 is 0.571 bits per heavy atom. The van der Waals surface area contributed by atoms with Crippen LogP contribution in [0.5, 0.6) is 0 Å². The number of unbranched alkanes of at least 4 members (excludes halogenated alkanes) is 24. The molecule has 362 valence electrons. The molecule has 0 heterocycles. The Bertz CT molecular complexity index is 1190. The summed E-state index contributed by atoms with van der Waals surface area (Å²) in [5, 5.41) is 0. The molecule has 0 saturated heterocycles. The largest absolute Gasteiger partial charge is 0.462 e. The van der Waals surface area contributed by atoms with Gasteiger partial charge in [-0.2, -0.15) is 0 Å². The maximum Gasteiger partial charge on any atom is 0.306 e. The molecule has 0 N–H and O–H groups in total. The predicted octanol–water partition coefficient (Wildman–Crippen LogP) is 17.4. The average Bonchev–Trinajstić information content (AvgIpc) is 3.28. The van der Waals surface area contributed by atoms with Gasteiger partial charge in [-0.15, -0.1) is 0 Å². The van der Waals surface area contributed by atoms with Crippen LogP contribution in [0, 0.1) is 0 Å². The molecule has 0 aliphatic rings. The second-order valence-electron chi connectivity index (χ2n) is 17.4. The van der Waals surface area contributed by atoms with Crippen molar-refractivity contribution in [1.29, 1.82) is 0 Å². The minimum Gasteiger partial charge on any atom is -0.462 e. The molecule has 0 amide bonds. The molecule has 0 bridgehead atoms. The summed E-state index contributed by atoms with van der Waals surface area (Å²) in [5.41, 5.74) is 0. The topological polar surface area (TPSA) is 78.9 Å². The number of rotatable bonds is 47. The molecule has 0 rings (SSSR count). The first-order chi connectivity index (χ1) is 31.0. The lowest BCUT2D eigenvalue weighted by atomic mass is 10.1. The van der Waals surface area contributed by atoms with Gasteiger partial charge in [0.25, 0.3) is 0 Å². The Balaban J connectivity index is 4.48. The average molecular weight is 879 g/mol. The quantitative estimate of drug-likeness (QED) is 0.0262. The minimum absolute atomic E-state index is 0.0976. The van der Waals surface area contributed by atoms with Gasteiger partial charge in [-0.05, 0) is 116 Å². The van der Waals surface area contributed by atoms with Crippen LogP contribution in [0.2, 0.25) is 0 Å². The van der Waals surface area contributed by atoms with E-state index in [9.17, 15) is 14.4 Å². The van der Waals surface area contributed by atoms with E-state index in [1.807, 2.05) is 0 Å². The molecule has 1 atom stereocenters. The maximum atomic E-state index is 12.8. The third-order valence-electron chi connectivity index (χ3n) is 11.2. The van der Waals surface area contributed by atoms with Crippen molar-refractivity contribution in [2.75, 3.05) is 13.2 Å². The van der Waals surface area contributed by atoms with Crippen molar-refractivity contribution in [1.82, 2.24) is 0 Å². The van der Waals surface area contributed by atoms with E-state index in [-0.39, 0.29) is 31.1 Å². The number of esters is 3. The molecule has 63 heavy (non-hydrogen) atoms. The molecule has 0 saturated carbocycles. The van der Waals surface area contributed by atoms with Gasteiger partial charge in [0, 0.05) is 19.3 Å². The summed E-state index contributed by atoms with van der Waals surface area (Å²) < 4.78 is 16.8. The third kappa shape index (κ3) is 49.7. The summed E-state index contributed by atoms with van der Waals surface area (Å²) >= 11 is 0. The Hall–Kier alpha value is -3.15. The fourth-order valence-corrected chi connectivity index (χ4v) is 7.12. The van der Waals surface area contributed by atoms with E-state index < -0.39 is 6.10 Å². The lowest BCUT2D eigenvalue weighted by Gasteiger charge is -2.18. The number of ether oxygens (including phenoxy) is 3. The Morgan fingerprint density at radius 3 is 0.968 bits per heavy atom. The molecule has 0 fully saturated rings. The lowest BCUT2D eigenvalue weighted by molar-refractivity contribution is -0.167. The van der Waals surface area contributed by atoms with Gasteiger partial charge in [-0.3, -0.25) is 14.4 Å². The first-order valence-electron chi connectivity index (χ1n) is 26.4. The van der Waals surface area contributed by atoms with Crippen molar-refractivity contribution in [3.8, 4) is 0 Å². The molecular formula is C57H98O6. The summed E-state index contributed by atoms with van der Waals surface area (Å²) in [5.74, 6) is -0.957. The molecule has 0 spiro atoms. The summed E-state index contributed by atoms with van der Waals surface area (Å²) in [4.78, 5) is 38.0.